The van der Waals surface area contributed by atoms with E-state index < -0.39 is 10.0 Å². The highest BCUT2D eigenvalue weighted by Gasteiger charge is 2.23. The van der Waals surface area contributed by atoms with Gasteiger partial charge >= 0.3 is 0 Å². The molecular formula is C24H32N4O4S. The van der Waals surface area contributed by atoms with E-state index in [2.05, 4.69) is 4.98 Å². The van der Waals surface area contributed by atoms with E-state index >= 15 is 0 Å². The minimum atomic E-state index is -3.55. The van der Waals surface area contributed by atoms with Crippen molar-refractivity contribution in [1.82, 2.24) is 18.8 Å². The molecular weight excluding hydrogens is 440 g/mol. The van der Waals surface area contributed by atoms with Crippen molar-refractivity contribution < 1.29 is 17.9 Å². The third-order valence-electron chi connectivity index (χ3n) is 5.71. The van der Waals surface area contributed by atoms with E-state index in [-0.39, 0.29) is 10.8 Å². The van der Waals surface area contributed by atoms with Crippen LogP contribution >= 0.6 is 0 Å². The molecule has 178 valence electrons. The van der Waals surface area contributed by atoms with Crippen molar-refractivity contribution in [3.05, 3.63) is 54.4 Å². The van der Waals surface area contributed by atoms with Gasteiger partial charge in [-0.15, -0.1) is 0 Å². The lowest BCUT2D eigenvalue weighted by molar-refractivity contribution is -0.130. The van der Waals surface area contributed by atoms with Crippen molar-refractivity contribution in [1.29, 1.82) is 0 Å². The number of rotatable bonds is 11. The molecule has 1 heterocycles. The summed E-state index contributed by atoms with van der Waals surface area (Å²) in [4.78, 5) is 19.1. The van der Waals surface area contributed by atoms with Gasteiger partial charge < -0.3 is 14.2 Å². The molecule has 0 atom stereocenters. The van der Waals surface area contributed by atoms with Gasteiger partial charge in [0.2, 0.25) is 15.9 Å². The van der Waals surface area contributed by atoms with Crippen LogP contribution in [-0.4, -0.2) is 66.4 Å². The van der Waals surface area contributed by atoms with E-state index in [1.807, 2.05) is 55.8 Å². The number of aryl methyl sites for hydroxylation is 2. The third kappa shape index (κ3) is 5.72. The Kier molecular flexibility index (Phi) is 8.10. The number of fused-ring (bicyclic) bond motifs is 1. The lowest BCUT2D eigenvalue weighted by Crippen LogP contribution is -2.31. The molecule has 1 amide bonds. The summed E-state index contributed by atoms with van der Waals surface area (Å²) >= 11 is 0. The Morgan fingerprint density at radius 1 is 1.09 bits per heavy atom. The Morgan fingerprint density at radius 2 is 1.79 bits per heavy atom. The minimum Gasteiger partial charge on any atom is -0.492 e. The number of hydrogen-bond acceptors (Lipinski definition) is 5. The zero-order valence-electron chi connectivity index (χ0n) is 19.7. The number of ether oxygens (including phenoxy) is 1. The average Bonchev–Trinajstić information content (AvgIpc) is 3.13. The van der Waals surface area contributed by atoms with E-state index in [9.17, 15) is 13.2 Å². The SMILES string of the molecule is CCN(CC)S(=O)(=O)c1ccc2c(c1)nc(CCC(=O)N(C)CCOc1ccccc1)n2C. The first-order chi connectivity index (χ1) is 15.8. The number of benzene rings is 2. The molecule has 3 rings (SSSR count). The van der Waals surface area contributed by atoms with E-state index in [0.29, 0.717) is 44.6 Å². The highest BCUT2D eigenvalue weighted by Crippen LogP contribution is 2.23. The first-order valence-corrected chi connectivity index (χ1v) is 12.6. The fourth-order valence-corrected chi connectivity index (χ4v) is 5.16. The standard InChI is InChI=1S/C24H32N4O4S/c1-5-28(6-2)33(30,31)20-12-13-22-21(18-20)25-23(27(22)4)14-15-24(29)26(3)16-17-32-19-10-8-7-9-11-19/h7-13,18H,5-6,14-17H2,1-4H3. The van der Waals surface area contributed by atoms with Crippen LogP contribution in [0.2, 0.25) is 0 Å². The molecule has 0 fully saturated rings. The van der Waals surface area contributed by atoms with E-state index in [0.717, 1.165) is 17.1 Å². The van der Waals surface area contributed by atoms with Crippen molar-refractivity contribution in [2.24, 2.45) is 7.05 Å². The Labute approximate surface area is 195 Å². The molecule has 1 aromatic heterocycles. The quantitative estimate of drug-likeness (QED) is 0.428. The minimum absolute atomic E-state index is 0.00326. The van der Waals surface area contributed by atoms with Gasteiger partial charge in [0.05, 0.1) is 22.5 Å². The molecule has 0 saturated carbocycles. The zero-order valence-corrected chi connectivity index (χ0v) is 20.5. The first-order valence-electron chi connectivity index (χ1n) is 11.1. The number of amides is 1. The summed E-state index contributed by atoms with van der Waals surface area (Å²) in [6.07, 6.45) is 0.773. The highest BCUT2D eigenvalue weighted by molar-refractivity contribution is 7.89. The lowest BCUT2D eigenvalue weighted by atomic mass is 10.2. The number of carbonyl (C=O) groups excluding carboxylic acids is 1. The van der Waals surface area contributed by atoms with Gasteiger partial charge in [0.15, 0.2) is 0 Å². The smallest absolute Gasteiger partial charge is 0.243 e. The normalized spacial score (nSPS) is 11.8. The predicted molar refractivity (Wildman–Crippen MR) is 129 cm³/mol. The Balaban J connectivity index is 1.63. The fraction of sp³-hybridized carbons (Fsp3) is 0.417. The van der Waals surface area contributed by atoms with Gasteiger partial charge in [0.1, 0.15) is 18.2 Å². The molecule has 0 spiro atoms. The van der Waals surface area contributed by atoms with Crippen LogP contribution in [0, 0.1) is 0 Å². The monoisotopic (exact) mass is 472 g/mol. The van der Waals surface area contributed by atoms with E-state index in [1.54, 1.807) is 30.1 Å². The maximum atomic E-state index is 12.8. The zero-order chi connectivity index (χ0) is 24.0. The van der Waals surface area contributed by atoms with Crippen LogP contribution in [0.3, 0.4) is 0 Å². The highest BCUT2D eigenvalue weighted by atomic mass is 32.2. The van der Waals surface area contributed by atoms with Crippen LogP contribution in [0.1, 0.15) is 26.1 Å². The number of imidazole rings is 1. The lowest BCUT2D eigenvalue weighted by Gasteiger charge is -2.18. The van der Waals surface area contributed by atoms with Crippen molar-refractivity contribution in [2.75, 3.05) is 33.3 Å². The third-order valence-corrected chi connectivity index (χ3v) is 7.76. The van der Waals surface area contributed by atoms with Crippen molar-refractivity contribution >= 4 is 27.0 Å². The molecule has 9 heteroatoms. The van der Waals surface area contributed by atoms with E-state index in [4.69, 9.17) is 4.74 Å². The summed E-state index contributed by atoms with van der Waals surface area (Å²) < 4.78 is 34.6. The Bertz CT molecular complexity index is 1190. The van der Waals surface area contributed by atoms with Crippen LogP contribution in [0.25, 0.3) is 11.0 Å². The van der Waals surface area contributed by atoms with Crippen LogP contribution in [-0.2, 0) is 28.3 Å². The number of para-hydroxylation sites is 1. The van der Waals surface area contributed by atoms with Crippen molar-refractivity contribution in [3.8, 4) is 5.75 Å². The number of aromatic nitrogens is 2. The number of likely N-dealkylation sites (N-methyl/N-ethyl adjacent to an activating group) is 1. The number of carbonyl (C=O) groups is 1. The number of nitrogens with zero attached hydrogens (tertiary/aromatic N) is 4. The summed E-state index contributed by atoms with van der Waals surface area (Å²) in [6.45, 7) is 5.37. The Hall–Kier alpha value is -2.91. The maximum absolute atomic E-state index is 12.8. The fourth-order valence-electron chi connectivity index (χ4n) is 3.68. The summed E-state index contributed by atoms with van der Waals surface area (Å²) in [7, 11) is 0.0892. The van der Waals surface area contributed by atoms with Gasteiger partial charge in [-0.25, -0.2) is 13.4 Å². The second kappa shape index (κ2) is 10.8. The maximum Gasteiger partial charge on any atom is 0.243 e. The van der Waals surface area contributed by atoms with Gasteiger partial charge in [-0.1, -0.05) is 32.0 Å². The molecule has 3 aromatic rings. The van der Waals surface area contributed by atoms with Crippen molar-refractivity contribution in [2.45, 2.75) is 31.6 Å². The molecule has 33 heavy (non-hydrogen) atoms. The molecule has 0 aliphatic heterocycles. The second-order valence-electron chi connectivity index (χ2n) is 7.80. The summed E-state index contributed by atoms with van der Waals surface area (Å²) in [5.74, 6) is 1.52. The Morgan fingerprint density at radius 3 is 2.45 bits per heavy atom. The molecule has 2 aromatic carbocycles. The van der Waals surface area contributed by atoms with Gasteiger partial charge in [-0.2, -0.15) is 4.31 Å². The average molecular weight is 473 g/mol. The molecule has 0 unspecified atom stereocenters. The predicted octanol–water partition coefficient (Wildman–Crippen LogP) is 3.07. The van der Waals surface area contributed by atoms with Crippen LogP contribution in [0.5, 0.6) is 5.75 Å². The molecule has 8 nitrogen and oxygen atoms in total. The van der Waals surface area contributed by atoms with Crippen LogP contribution in [0.15, 0.2) is 53.4 Å². The van der Waals surface area contributed by atoms with E-state index in [1.165, 1.54) is 4.31 Å². The molecule has 0 N–H and O–H groups in total. The number of hydrogen-bond donors (Lipinski definition) is 0. The summed E-state index contributed by atoms with van der Waals surface area (Å²) in [5.41, 5.74) is 1.44. The topological polar surface area (TPSA) is 84.7 Å². The molecule has 0 saturated heterocycles. The second-order valence-corrected chi connectivity index (χ2v) is 9.74. The molecule has 0 radical (unpaired) electrons. The summed E-state index contributed by atoms with van der Waals surface area (Å²) in [6, 6.07) is 14.5. The van der Waals surface area contributed by atoms with Crippen molar-refractivity contribution in [3.63, 3.8) is 0 Å². The molecule has 0 aliphatic carbocycles. The van der Waals surface area contributed by atoms with Gasteiger partial charge in [-0.3, -0.25) is 4.79 Å². The van der Waals surface area contributed by atoms with Crippen LogP contribution < -0.4 is 4.74 Å². The van der Waals surface area contributed by atoms with Gasteiger partial charge in [0, 0.05) is 40.0 Å². The summed E-state index contributed by atoms with van der Waals surface area (Å²) in [5, 5.41) is 0. The molecule has 0 bridgehead atoms. The van der Waals surface area contributed by atoms with Gasteiger partial charge in [0.25, 0.3) is 0 Å². The number of sulfonamides is 1. The molecule has 0 aliphatic rings. The van der Waals surface area contributed by atoms with Gasteiger partial charge in [-0.05, 0) is 30.3 Å². The largest absolute Gasteiger partial charge is 0.492 e. The van der Waals surface area contributed by atoms with Crippen LogP contribution in [0.4, 0.5) is 0 Å². The first kappa shape index (κ1) is 24.7.